The van der Waals surface area contributed by atoms with Crippen LogP contribution < -0.4 is 10.6 Å². The average Bonchev–Trinajstić information content (AvgIpc) is 2.88. The van der Waals surface area contributed by atoms with Crippen LogP contribution in [-0.2, 0) is 25.7 Å². The lowest BCUT2D eigenvalue weighted by molar-refractivity contribution is 0.398. The second-order valence-corrected chi connectivity index (χ2v) is 9.14. The van der Waals surface area contributed by atoms with Gasteiger partial charge in [-0.05, 0) is 99.6 Å². The molecule has 0 aliphatic rings. The Kier molecular flexibility index (Phi) is 11.4. The number of benzene rings is 3. The highest BCUT2D eigenvalue weighted by atomic mass is 16.3. The maximum Gasteiger partial charge on any atom is 0.160 e. The molecule has 0 spiro atoms. The van der Waals surface area contributed by atoms with Crippen molar-refractivity contribution < 1.29 is 15.3 Å². The van der Waals surface area contributed by atoms with Crippen LogP contribution in [0.4, 0.5) is 0 Å². The minimum Gasteiger partial charge on any atom is -0.508 e. The molecule has 3 aromatic carbocycles. The molecule has 0 aliphatic heterocycles. The Hall–Kier alpha value is -3.02. The van der Waals surface area contributed by atoms with Gasteiger partial charge in [-0.15, -0.1) is 0 Å². The predicted octanol–water partition coefficient (Wildman–Crippen LogP) is 5.11. The smallest absolute Gasteiger partial charge is 0.160 e. The summed E-state index contributed by atoms with van der Waals surface area (Å²) in [6, 6.07) is 21.2. The summed E-state index contributed by atoms with van der Waals surface area (Å²) in [7, 11) is 0. The second-order valence-electron chi connectivity index (χ2n) is 9.14. The van der Waals surface area contributed by atoms with Crippen molar-refractivity contribution in [2.24, 2.45) is 0 Å². The standard InChI is InChI=1S/C30H40N2O3/c33-27-14-10-25(11-15-27)12-16-28-26(13-17-29(34)30(28)35)19-23-32-21-7-2-1-6-20-31-22-18-24-8-4-3-5-9-24/h3-5,8-11,13-15,17,31-35H,1-2,6-7,12,16,18-23H2. The third-order valence-corrected chi connectivity index (χ3v) is 6.42. The van der Waals surface area contributed by atoms with E-state index < -0.39 is 0 Å². The molecule has 0 unspecified atom stereocenters. The first kappa shape index (κ1) is 26.6. The van der Waals surface area contributed by atoms with Gasteiger partial charge < -0.3 is 26.0 Å². The van der Waals surface area contributed by atoms with Crippen molar-refractivity contribution >= 4 is 0 Å². The topological polar surface area (TPSA) is 84.8 Å². The van der Waals surface area contributed by atoms with Crippen LogP contribution in [0.3, 0.4) is 0 Å². The van der Waals surface area contributed by atoms with Gasteiger partial charge in [0.05, 0.1) is 0 Å². The summed E-state index contributed by atoms with van der Waals surface area (Å²) in [6.07, 6.45) is 8.12. The summed E-state index contributed by atoms with van der Waals surface area (Å²) < 4.78 is 0. The number of aryl methyl sites for hydroxylation is 1. The van der Waals surface area contributed by atoms with Crippen LogP contribution in [0.1, 0.15) is 47.9 Å². The fourth-order valence-corrected chi connectivity index (χ4v) is 4.31. The first-order valence-electron chi connectivity index (χ1n) is 12.9. The Morgan fingerprint density at radius 3 is 1.83 bits per heavy atom. The van der Waals surface area contributed by atoms with Gasteiger partial charge in [0.25, 0.3) is 0 Å². The van der Waals surface area contributed by atoms with Crippen molar-refractivity contribution in [1.82, 2.24) is 10.6 Å². The molecule has 0 bridgehead atoms. The van der Waals surface area contributed by atoms with E-state index in [9.17, 15) is 15.3 Å². The fourth-order valence-electron chi connectivity index (χ4n) is 4.31. The summed E-state index contributed by atoms with van der Waals surface area (Å²) in [5, 5.41) is 36.9. The lowest BCUT2D eigenvalue weighted by atomic mass is 9.96. The highest BCUT2D eigenvalue weighted by Gasteiger charge is 2.12. The minimum absolute atomic E-state index is 0.0151. The SMILES string of the molecule is Oc1ccc(CCc2c(CCNCCCCCCNCCc3ccccc3)ccc(O)c2O)cc1. The number of hydrogen-bond donors (Lipinski definition) is 5. The van der Waals surface area contributed by atoms with Crippen LogP contribution in [0.2, 0.25) is 0 Å². The Labute approximate surface area is 209 Å². The molecule has 0 fully saturated rings. The minimum atomic E-state index is -0.0722. The molecule has 188 valence electrons. The van der Waals surface area contributed by atoms with Crippen LogP contribution in [0, 0.1) is 0 Å². The van der Waals surface area contributed by atoms with E-state index >= 15 is 0 Å². The Morgan fingerprint density at radius 2 is 1.14 bits per heavy atom. The molecule has 0 amide bonds. The van der Waals surface area contributed by atoms with Gasteiger partial charge in [-0.2, -0.15) is 0 Å². The number of rotatable bonds is 16. The second kappa shape index (κ2) is 15.1. The molecule has 5 heteroatoms. The van der Waals surface area contributed by atoms with Crippen LogP contribution in [0.5, 0.6) is 17.2 Å². The quantitative estimate of drug-likeness (QED) is 0.146. The molecule has 35 heavy (non-hydrogen) atoms. The summed E-state index contributed by atoms with van der Waals surface area (Å²) in [4.78, 5) is 0. The first-order valence-corrected chi connectivity index (χ1v) is 12.9. The predicted molar refractivity (Wildman–Crippen MR) is 143 cm³/mol. The molecule has 0 saturated heterocycles. The summed E-state index contributed by atoms with van der Waals surface area (Å²) in [5.41, 5.74) is 4.34. The van der Waals surface area contributed by atoms with Gasteiger partial charge in [0.2, 0.25) is 0 Å². The molecule has 0 heterocycles. The number of nitrogens with one attached hydrogen (secondary N) is 2. The van der Waals surface area contributed by atoms with Gasteiger partial charge in [-0.1, -0.05) is 61.4 Å². The fraction of sp³-hybridized carbons (Fsp3) is 0.400. The summed E-state index contributed by atoms with van der Waals surface area (Å²) in [6.45, 7) is 3.96. The van der Waals surface area contributed by atoms with E-state index in [2.05, 4.69) is 41.0 Å². The van der Waals surface area contributed by atoms with Crippen molar-refractivity contribution in [3.8, 4) is 17.2 Å². The van der Waals surface area contributed by atoms with Crippen molar-refractivity contribution in [2.75, 3.05) is 26.2 Å². The molecule has 0 aromatic heterocycles. The zero-order chi connectivity index (χ0) is 24.7. The highest BCUT2D eigenvalue weighted by molar-refractivity contribution is 5.49. The van der Waals surface area contributed by atoms with Crippen molar-refractivity contribution in [2.45, 2.75) is 51.4 Å². The van der Waals surface area contributed by atoms with Crippen LogP contribution >= 0.6 is 0 Å². The van der Waals surface area contributed by atoms with Gasteiger partial charge in [0.15, 0.2) is 11.5 Å². The van der Waals surface area contributed by atoms with Crippen molar-refractivity contribution in [1.29, 1.82) is 0 Å². The maximum atomic E-state index is 10.4. The molecular formula is C30H40N2O3. The summed E-state index contributed by atoms with van der Waals surface area (Å²) >= 11 is 0. The number of aromatic hydroxyl groups is 3. The van der Waals surface area contributed by atoms with Crippen LogP contribution in [0.15, 0.2) is 66.7 Å². The van der Waals surface area contributed by atoms with Crippen LogP contribution in [-0.4, -0.2) is 41.5 Å². The lowest BCUT2D eigenvalue weighted by Crippen LogP contribution is -2.20. The number of hydrogen-bond acceptors (Lipinski definition) is 5. The normalized spacial score (nSPS) is 11.1. The number of phenols is 3. The molecule has 3 rings (SSSR count). The van der Waals surface area contributed by atoms with Gasteiger partial charge in [0, 0.05) is 5.56 Å². The lowest BCUT2D eigenvalue weighted by Gasteiger charge is -2.14. The first-order chi connectivity index (χ1) is 17.1. The van der Waals surface area contributed by atoms with E-state index in [1.165, 1.54) is 31.2 Å². The molecule has 3 aromatic rings. The van der Waals surface area contributed by atoms with E-state index in [1.807, 2.05) is 18.2 Å². The molecule has 0 radical (unpaired) electrons. The van der Waals surface area contributed by atoms with E-state index in [0.29, 0.717) is 6.42 Å². The van der Waals surface area contributed by atoms with E-state index in [-0.39, 0.29) is 17.2 Å². The summed E-state index contributed by atoms with van der Waals surface area (Å²) in [5.74, 6) is 0.159. The third kappa shape index (κ3) is 9.63. The Bertz CT molecular complexity index is 990. The van der Waals surface area contributed by atoms with Gasteiger partial charge in [-0.25, -0.2) is 0 Å². The average molecular weight is 477 g/mol. The van der Waals surface area contributed by atoms with Crippen molar-refractivity contribution in [3.63, 3.8) is 0 Å². The molecule has 0 aliphatic carbocycles. The Balaban J connectivity index is 1.26. The van der Waals surface area contributed by atoms with Gasteiger partial charge in [0.1, 0.15) is 5.75 Å². The van der Waals surface area contributed by atoms with Gasteiger partial charge in [-0.3, -0.25) is 0 Å². The molecule has 5 nitrogen and oxygen atoms in total. The molecule has 0 saturated carbocycles. The Morgan fingerprint density at radius 1 is 0.514 bits per heavy atom. The third-order valence-electron chi connectivity index (χ3n) is 6.42. The van der Waals surface area contributed by atoms with E-state index in [0.717, 1.165) is 62.1 Å². The van der Waals surface area contributed by atoms with Crippen molar-refractivity contribution in [3.05, 3.63) is 89.0 Å². The molecular weight excluding hydrogens is 436 g/mol. The largest absolute Gasteiger partial charge is 0.508 e. The van der Waals surface area contributed by atoms with E-state index in [1.54, 1.807) is 18.2 Å². The van der Waals surface area contributed by atoms with E-state index in [4.69, 9.17) is 0 Å². The monoisotopic (exact) mass is 476 g/mol. The zero-order valence-electron chi connectivity index (χ0n) is 20.7. The zero-order valence-corrected chi connectivity index (χ0v) is 20.7. The number of phenolic OH excluding ortho intramolecular Hbond substituents is 3. The maximum absolute atomic E-state index is 10.4. The van der Waals surface area contributed by atoms with Gasteiger partial charge >= 0.3 is 0 Å². The highest BCUT2D eigenvalue weighted by Crippen LogP contribution is 2.32. The number of unbranched alkanes of at least 4 members (excludes halogenated alkanes) is 3. The molecule has 5 N–H and O–H groups in total. The van der Waals surface area contributed by atoms with Crippen LogP contribution in [0.25, 0.3) is 0 Å². The molecule has 0 atom stereocenters.